The molecule has 9 heteroatoms. The molecule has 0 aliphatic carbocycles. The highest BCUT2D eigenvalue weighted by Crippen LogP contribution is 2.39. The number of amides is 3. The average molecular weight is 547 g/mol. The number of ether oxygens (including phenoxy) is 2. The van der Waals surface area contributed by atoms with Crippen molar-refractivity contribution in [3.8, 4) is 11.5 Å². The van der Waals surface area contributed by atoms with Crippen molar-refractivity contribution in [2.24, 2.45) is 0 Å². The normalized spacial score (nSPS) is 14.8. The molecule has 2 aromatic carbocycles. The van der Waals surface area contributed by atoms with Gasteiger partial charge in [0.2, 0.25) is 5.91 Å². The van der Waals surface area contributed by atoms with Crippen LogP contribution in [0, 0.1) is 0 Å². The van der Waals surface area contributed by atoms with Gasteiger partial charge in [-0.25, -0.2) is 0 Å². The van der Waals surface area contributed by atoms with E-state index in [1.54, 1.807) is 30.3 Å². The van der Waals surface area contributed by atoms with Crippen LogP contribution in [0.1, 0.15) is 44.7 Å². The summed E-state index contributed by atoms with van der Waals surface area (Å²) < 4.78 is 12.0. The lowest BCUT2D eigenvalue weighted by Crippen LogP contribution is -2.36. The van der Waals surface area contributed by atoms with Gasteiger partial charge in [-0.3, -0.25) is 19.3 Å². The Kier molecular flexibility index (Phi) is 8.79. The van der Waals surface area contributed by atoms with Crippen molar-refractivity contribution in [3.05, 3.63) is 56.9 Å². The molecular formula is C25H27BrN2O5S. The van der Waals surface area contributed by atoms with Gasteiger partial charge in [0.05, 0.1) is 22.6 Å². The minimum absolute atomic E-state index is 0.234. The zero-order chi connectivity index (χ0) is 24.8. The Labute approximate surface area is 212 Å². The Morgan fingerprint density at radius 1 is 1.12 bits per heavy atom. The van der Waals surface area contributed by atoms with Crippen molar-refractivity contribution in [1.82, 2.24) is 4.90 Å². The van der Waals surface area contributed by atoms with Gasteiger partial charge in [-0.05, 0) is 88.9 Å². The number of benzene rings is 2. The molecule has 1 fully saturated rings. The maximum Gasteiger partial charge on any atom is 0.294 e. The number of nitrogens with zero attached hydrogens (tertiary/aromatic N) is 1. The van der Waals surface area contributed by atoms with E-state index in [2.05, 4.69) is 35.1 Å². The molecule has 3 rings (SSSR count). The minimum atomic E-state index is -0.511. The number of halogens is 1. The number of thioether (sulfide) groups is 1. The highest BCUT2D eigenvalue weighted by atomic mass is 79.9. The van der Waals surface area contributed by atoms with Gasteiger partial charge in [0.25, 0.3) is 11.1 Å². The molecule has 7 nitrogen and oxygen atoms in total. The second-order valence-electron chi connectivity index (χ2n) is 7.79. The summed E-state index contributed by atoms with van der Waals surface area (Å²) in [5.74, 6) is 0.541. The first-order valence-corrected chi connectivity index (χ1v) is 12.6. The fourth-order valence-corrected chi connectivity index (χ4v) is 4.71. The van der Waals surface area contributed by atoms with Crippen molar-refractivity contribution in [1.29, 1.82) is 0 Å². The van der Waals surface area contributed by atoms with E-state index in [4.69, 9.17) is 9.47 Å². The van der Waals surface area contributed by atoms with Crippen LogP contribution < -0.4 is 14.8 Å². The van der Waals surface area contributed by atoms with Crippen molar-refractivity contribution >= 4 is 56.5 Å². The molecule has 0 unspecified atom stereocenters. The molecule has 1 heterocycles. The predicted molar refractivity (Wildman–Crippen MR) is 138 cm³/mol. The summed E-state index contributed by atoms with van der Waals surface area (Å²) in [4.78, 5) is 39.0. The number of anilines is 1. The molecule has 0 spiro atoms. The Bertz CT molecular complexity index is 1120. The molecule has 0 saturated carbocycles. The van der Waals surface area contributed by atoms with E-state index < -0.39 is 17.1 Å². The number of rotatable bonds is 9. The molecule has 0 radical (unpaired) electrons. The Hall–Kier alpha value is -2.78. The van der Waals surface area contributed by atoms with Gasteiger partial charge < -0.3 is 14.8 Å². The summed E-state index contributed by atoms with van der Waals surface area (Å²) in [6.07, 6.45) is 1.61. The maximum absolute atomic E-state index is 12.9. The molecule has 0 bridgehead atoms. The molecular weight excluding hydrogens is 520 g/mol. The van der Waals surface area contributed by atoms with Gasteiger partial charge in [-0.1, -0.05) is 26.0 Å². The van der Waals surface area contributed by atoms with Gasteiger partial charge in [-0.2, -0.15) is 0 Å². The molecule has 1 saturated heterocycles. The molecule has 3 amide bonds. The van der Waals surface area contributed by atoms with Crippen molar-refractivity contribution in [3.63, 3.8) is 0 Å². The summed E-state index contributed by atoms with van der Waals surface area (Å²) in [6, 6.07) is 11.0. The van der Waals surface area contributed by atoms with Crippen LogP contribution >= 0.6 is 27.7 Å². The Morgan fingerprint density at radius 2 is 1.79 bits per heavy atom. The van der Waals surface area contributed by atoms with Crippen LogP contribution in [0.2, 0.25) is 0 Å². The maximum atomic E-state index is 12.9. The van der Waals surface area contributed by atoms with E-state index in [-0.39, 0.29) is 11.4 Å². The zero-order valence-electron chi connectivity index (χ0n) is 19.5. The van der Waals surface area contributed by atoms with Crippen LogP contribution in [0.15, 0.2) is 45.8 Å². The molecule has 2 aromatic rings. The first kappa shape index (κ1) is 25.8. The van der Waals surface area contributed by atoms with Crippen LogP contribution in [0.5, 0.6) is 11.5 Å². The highest BCUT2D eigenvalue weighted by Gasteiger charge is 2.36. The van der Waals surface area contributed by atoms with Gasteiger partial charge in [-0.15, -0.1) is 0 Å². The average Bonchev–Trinajstić information content (AvgIpc) is 3.04. The monoisotopic (exact) mass is 546 g/mol. The summed E-state index contributed by atoms with van der Waals surface area (Å²) in [7, 11) is 0. The lowest BCUT2D eigenvalue weighted by atomic mass is 10.0. The van der Waals surface area contributed by atoms with Crippen LogP contribution in [-0.4, -0.2) is 41.7 Å². The summed E-state index contributed by atoms with van der Waals surface area (Å²) in [5, 5.41) is 2.25. The van der Waals surface area contributed by atoms with Crippen molar-refractivity contribution in [2.75, 3.05) is 25.1 Å². The third-order valence-corrected chi connectivity index (χ3v) is 6.45. The Morgan fingerprint density at radius 3 is 2.41 bits per heavy atom. The second kappa shape index (κ2) is 11.6. The standard InChI is InChI=1S/C25H27BrN2O5S/c1-5-32-20-12-16(11-19(26)23(20)33-6-2)13-21-24(30)28(25(31)34-21)14-22(29)27-18-9-7-17(8-10-18)15(3)4/h7-13,15H,5-6,14H2,1-4H3,(H,27,29)/b21-13+. The number of hydrogen-bond donors (Lipinski definition) is 1. The Balaban J connectivity index is 1.73. The number of nitrogens with one attached hydrogen (secondary N) is 1. The van der Waals surface area contributed by atoms with Gasteiger partial charge in [0.15, 0.2) is 11.5 Å². The largest absolute Gasteiger partial charge is 0.490 e. The van der Waals surface area contributed by atoms with Gasteiger partial charge in [0, 0.05) is 5.69 Å². The molecule has 180 valence electrons. The zero-order valence-corrected chi connectivity index (χ0v) is 21.9. The lowest BCUT2D eigenvalue weighted by molar-refractivity contribution is -0.127. The van der Waals surface area contributed by atoms with E-state index in [9.17, 15) is 14.4 Å². The quantitative estimate of drug-likeness (QED) is 0.385. The molecule has 1 aliphatic rings. The fourth-order valence-electron chi connectivity index (χ4n) is 3.30. The van der Waals surface area contributed by atoms with Crippen LogP contribution in [-0.2, 0) is 9.59 Å². The third-order valence-electron chi connectivity index (χ3n) is 4.95. The first-order chi connectivity index (χ1) is 16.2. The fraction of sp³-hybridized carbons (Fsp3) is 0.320. The van der Waals surface area contributed by atoms with E-state index in [1.807, 2.05) is 26.0 Å². The van der Waals surface area contributed by atoms with Crippen LogP contribution in [0.3, 0.4) is 0 Å². The van der Waals surface area contributed by atoms with Crippen molar-refractivity contribution in [2.45, 2.75) is 33.6 Å². The second-order valence-corrected chi connectivity index (χ2v) is 9.64. The van der Waals surface area contributed by atoms with Crippen LogP contribution in [0.25, 0.3) is 6.08 Å². The number of carbonyl (C=O) groups is 3. The SMILES string of the molecule is CCOc1cc(/C=C2/SC(=O)N(CC(=O)Nc3ccc(C(C)C)cc3)C2=O)cc(Br)c1OCC. The summed E-state index contributed by atoms with van der Waals surface area (Å²) in [6.45, 7) is 8.48. The molecule has 0 aromatic heterocycles. The molecule has 0 atom stereocenters. The van der Waals surface area contributed by atoms with Crippen molar-refractivity contribution < 1.29 is 23.9 Å². The number of hydrogen-bond acceptors (Lipinski definition) is 6. The van der Waals surface area contributed by atoms with E-state index >= 15 is 0 Å². The molecule has 1 N–H and O–H groups in total. The first-order valence-electron chi connectivity index (χ1n) is 11.0. The summed E-state index contributed by atoms with van der Waals surface area (Å²) in [5.41, 5.74) is 2.43. The minimum Gasteiger partial charge on any atom is -0.490 e. The highest BCUT2D eigenvalue weighted by molar-refractivity contribution is 9.10. The van der Waals surface area contributed by atoms with Crippen LogP contribution in [0.4, 0.5) is 10.5 Å². The van der Waals surface area contributed by atoms with Gasteiger partial charge >= 0.3 is 0 Å². The van der Waals surface area contributed by atoms with Gasteiger partial charge in [0.1, 0.15) is 6.54 Å². The molecule has 34 heavy (non-hydrogen) atoms. The summed E-state index contributed by atoms with van der Waals surface area (Å²) >= 11 is 4.28. The number of carbonyl (C=O) groups excluding carboxylic acids is 3. The topological polar surface area (TPSA) is 84.9 Å². The van der Waals surface area contributed by atoms with E-state index in [0.717, 1.165) is 22.2 Å². The molecule has 1 aliphatic heterocycles. The number of imide groups is 1. The van der Waals surface area contributed by atoms with E-state index in [1.165, 1.54) is 0 Å². The predicted octanol–water partition coefficient (Wildman–Crippen LogP) is 6.04. The smallest absolute Gasteiger partial charge is 0.294 e. The third kappa shape index (κ3) is 6.21. The lowest BCUT2D eigenvalue weighted by Gasteiger charge is -2.14. The van der Waals surface area contributed by atoms with E-state index in [0.29, 0.717) is 46.4 Å².